The second kappa shape index (κ2) is 3.60. The van der Waals surface area contributed by atoms with Crippen LogP contribution in [0.3, 0.4) is 0 Å². The van der Waals surface area contributed by atoms with Crippen LogP contribution in [0.4, 0.5) is 0 Å². The molecule has 17 heavy (non-hydrogen) atoms. The summed E-state index contributed by atoms with van der Waals surface area (Å²) < 4.78 is 5.47. The number of hydrogen-bond donors (Lipinski definition) is 0. The number of carbonyl (C=O) groups excluding carboxylic acids is 1. The first-order chi connectivity index (χ1) is 8.02. The third kappa shape index (κ3) is 1.49. The Hall–Kier alpha value is -0.790. The van der Waals surface area contributed by atoms with Gasteiger partial charge in [-0.3, -0.25) is 0 Å². The van der Waals surface area contributed by atoms with E-state index in [9.17, 15) is 4.79 Å². The molecule has 0 amide bonds. The fourth-order valence-corrected chi connectivity index (χ4v) is 4.38. The number of fused-ring (bicyclic) bond motifs is 2. The second-order valence-corrected chi connectivity index (χ2v) is 6.55. The molecule has 94 valence electrons. The SMILES string of the molecule is C=C1C(=O)O[C@@H]2CC3CCC[C@H](C)[C@@]3(C)C[C@H]12. The van der Waals surface area contributed by atoms with E-state index in [4.69, 9.17) is 4.74 Å². The second-order valence-electron chi connectivity index (χ2n) is 6.55. The molecule has 0 spiro atoms. The quantitative estimate of drug-likeness (QED) is 0.475. The minimum atomic E-state index is -0.144. The van der Waals surface area contributed by atoms with Gasteiger partial charge in [-0.25, -0.2) is 4.79 Å². The van der Waals surface area contributed by atoms with Crippen molar-refractivity contribution >= 4 is 5.97 Å². The highest BCUT2D eigenvalue weighted by atomic mass is 16.6. The largest absolute Gasteiger partial charge is 0.458 e. The minimum absolute atomic E-state index is 0.137. The van der Waals surface area contributed by atoms with Crippen molar-refractivity contribution in [2.45, 2.75) is 52.1 Å². The smallest absolute Gasteiger partial charge is 0.334 e. The average Bonchev–Trinajstić information content (AvgIpc) is 2.55. The third-order valence-electron chi connectivity index (χ3n) is 5.84. The van der Waals surface area contributed by atoms with Gasteiger partial charge in [-0.2, -0.15) is 0 Å². The van der Waals surface area contributed by atoms with Gasteiger partial charge < -0.3 is 4.74 Å². The summed E-state index contributed by atoms with van der Waals surface area (Å²) in [4.78, 5) is 11.6. The molecule has 2 saturated carbocycles. The third-order valence-corrected chi connectivity index (χ3v) is 5.84. The molecule has 1 aliphatic heterocycles. The Morgan fingerprint density at radius 3 is 2.94 bits per heavy atom. The molecule has 1 heterocycles. The highest BCUT2D eigenvalue weighted by Crippen LogP contribution is 2.57. The van der Waals surface area contributed by atoms with E-state index >= 15 is 0 Å². The highest BCUT2D eigenvalue weighted by Gasteiger charge is 2.53. The summed E-state index contributed by atoms with van der Waals surface area (Å²) in [5.41, 5.74) is 1.13. The lowest BCUT2D eigenvalue weighted by atomic mass is 9.53. The summed E-state index contributed by atoms with van der Waals surface area (Å²) in [6.45, 7) is 8.74. The van der Waals surface area contributed by atoms with Gasteiger partial charge in [0.15, 0.2) is 0 Å². The topological polar surface area (TPSA) is 26.3 Å². The zero-order valence-corrected chi connectivity index (χ0v) is 10.9. The van der Waals surface area contributed by atoms with E-state index in [2.05, 4.69) is 20.4 Å². The maximum absolute atomic E-state index is 11.6. The first-order valence-electron chi connectivity index (χ1n) is 6.92. The van der Waals surface area contributed by atoms with Crippen molar-refractivity contribution in [2.75, 3.05) is 0 Å². The van der Waals surface area contributed by atoms with Gasteiger partial charge in [0.05, 0.1) is 0 Å². The molecule has 1 unspecified atom stereocenters. The maximum Gasteiger partial charge on any atom is 0.334 e. The molecule has 2 heteroatoms. The van der Waals surface area contributed by atoms with Crippen molar-refractivity contribution in [3.8, 4) is 0 Å². The lowest BCUT2D eigenvalue weighted by molar-refractivity contribution is -0.143. The standard InChI is InChI=1S/C15H22O2/c1-9-5-4-6-11-7-13-12(8-15(9,11)3)10(2)14(16)17-13/h9,11-13H,2,4-8H2,1,3H3/t9-,11?,12+,13+,15+/m0/s1. The van der Waals surface area contributed by atoms with Gasteiger partial charge in [-0.15, -0.1) is 0 Å². The Balaban J connectivity index is 1.89. The van der Waals surface area contributed by atoms with Gasteiger partial charge >= 0.3 is 5.97 Å². The van der Waals surface area contributed by atoms with E-state index in [1.54, 1.807) is 0 Å². The first kappa shape index (κ1) is 11.3. The van der Waals surface area contributed by atoms with E-state index < -0.39 is 0 Å². The molecular formula is C15H22O2. The van der Waals surface area contributed by atoms with Gasteiger partial charge in [0.1, 0.15) is 6.10 Å². The molecule has 0 aromatic rings. The molecule has 1 saturated heterocycles. The predicted octanol–water partition coefficient (Wildman–Crippen LogP) is 3.32. The van der Waals surface area contributed by atoms with Crippen molar-refractivity contribution < 1.29 is 9.53 Å². The Labute approximate surface area is 103 Å². The van der Waals surface area contributed by atoms with Gasteiger partial charge in [-0.05, 0) is 36.5 Å². The molecule has 3 fully saturated rings. The summed E-state index contributed by atoms with van der Waals surface area (Å²) in [5.74, 6) is 1.66. The molecule has 0 aromatic heterocycles. The lowest BCUT2D eigenvalue weighted by Gasteiger charge is -2.52. The Morgan fingerprint density at radius 1 is 1.41 bits per heavy atom. The number of carbonyl (C=O) groups is 1. The van der Waals surface area contributed by atoms with Crippen LogP contribution in [-0.4, -0.2) is 12.1 Å². The van der Waals surface area contributed by atoms with Crippen LogP contribution in [0, 0.1) is 23.2 Å². The van der Waals surface area contributed by atoms with Crippen LogP contribution < -0.4 is 0 Å². The molecule has 5 atom stereocenters. The number of rotatable bonds is 0. The van der Waals surface area contributed by atoms with Crippen molar-refractivity contribution in [1.82, 2.24) is 0 Å². The van der Waals surface area contributed by atoms with E-state index in [1.165, 1.54) is 19.3 Å². The molecule has 0 N–H and O–H groups in total. The Morgan fingerprint density at radius 2 is 2.18 bits per heavy atom. The highest BCUT2D eigenvalue weighted by molar-refractivity contribution is 5.90. The summed E-state index contributed by atoms with van der Waals surface area (Å²) in [5, 5.41) is 0. The van der Waals surface area contributed by atoms with Gasteiger partial charge in [0.2, 0.25) is 0 Å². The van der Waals surface area contributed by atoms with E-state index in [0.717, 1.165) is 30.3 Å². The predicted molar refractivity (Wildman–Crippen MR) is 66.4 cm³/mol. The molecular weight excluding hydrogens is 212 g/mol. The van der Waals surface area contributed by atoms with Crippen LogP contribution >= 0.6 is 0 Å². The van der Waals surface area contributed by atoms with Gasteiger partial charge in [0.25, 0.3) is 0 Å². The molecule has 0 radical (unpaired) electrons. The summed E-state index contributed by atoms with van der Waals surface area (Å²) in [6, 6.07) is 0. The van der Waals surface area contributed by atoms with Crippen molar-refractivity contribution in [3.63, 3.8) is 0 Å². The average molecular weight is 234 g/mol. The monoisotopic (exact) mass is 234 g/mol. The van der Waals surface area contributed by atoms with Crippen LogP contribution in [0.5, 0.6) is 0 Å². The molecule has 3 aliphatic rings. The normalized spacial score (nSPS) is 49.5. The van der Waals surface area contributed by atoms with Gasteiger partial charge in [0, 0.05) is 11.5 Å². The van der Waals surface area contributed by atoms with E-state index in [1.807, 2.05) is 0 Å². The number of hydrogen-bond acceptors (Lipinski definition) is 2. The van der Waals surface area contributed by atoms with Crippen molar-refractivity contribution in [1.29, 1.82) is 0 Å². The summed E-state index contributed by atoms with van der Waals surface area (Å²) >= 11 is 0. The fourth-order valence-electron chi connectivity index (χ4n) is 4.38. The van der Waals surface area contributed by atoms with Crippen molar-refractivity contribution in [3.05, 3.63) is 12.2 Å². The first-order valence-corrected chi connectivity index (χ1v) is 6.92. The van der Waals surface area contributed by atoms with Crippen LogP contribution in [0.25, 0.3) is 0 Å². The van der Waals surface area contributed by atoms with Crippen LogP contribution in [0.2, 0.25) is 0 Å². The van der Waals surface area contributed by atoms with E-state index in [0.29, 0.717) is 11.3 Å². The van der Waals surface area contributed by atoms with Gasteiger partial charge in [-0.1, -0.05) is 33.3 Å². The van der Waals surface area contributed by atoms with Crippen LogP contribution in [-0.2, 0) is 9.53 Å². The molecule has 0 bridgehead atoms. The molecule has 0 aromatic carbocycles. The maximum atomic E-state index is 11.6. The van der Waals surface area contributed by atoms with Crippen molar-refractivity contribution in [2.24, 2.45) is 23.2 Å². The van der Waals surface area contributed by atoms with E-state index in [-0.39, 0.29) is 12.1 Å². The zero-order valence-electron chi connectivity index (χ0n) is 10.9. The minimum Gasteiger partial charge on any atom is -0.458 e. The number of esters is 1. The molecule has 3 rings (SSSR count). The Kier molecular flexibility index (Phi) is 2.39. The summed E-state index contributed by atoms with van der Waals surface area (Å²) in [7, 11) is 0. The van der Waals surface area contributed by atoms with Crippen LogP contribution in [0.1, 0.15) is 46.0 Å². The van der Waals surface area contributed by atoms with Crippen LogP contribution in [0.15, 0.2) is 12.2 Å². The summed E-state index contributed by atoms with van der Waals surface area (Å²) in [6.07, 6.45) is 6.30. The molecule has 2 aliphatic carbocycles. The molecule has 2 nitrogen and oxygen atoms in total. The fraction of sp³-hybridized carbons (Fsp3) is 0.800. The lowest BCUT2D eigenvalue weighted by Crippen LogP contribution is -2.46. The zero-order chi connectivity index (χ0) is 12.2. The Bertz CT molecular complexity index is 373. The number of ether oxygens (including phenoxy) is 1.